The zero-order valence-corrected chi connectivity index (χ0v) is 16.4. The molecule has 4 nitrogen and oxygen atoms in total. The number of hydrogen-bond acceptors (Lipinski definition) is 3. The van der Waals surface area contributed by atoms with Crippen LogP contribution in [-0.2, 0) is 4.79 Å². The van der Waals surface area contributed by atoms with Gasteiger partial charge in [-0.15, -0.1) is 0 Å². The molecule has 0 bridgehead atoms. The Morgan fingerprint density at radius 3 is 2.81 bits per heavy atom. The molecule has 5 rings (SSSR count). The fourth-order valence-corrected chi connectivity index (χ4v) is 6.97. The number of hydrogen-bond donors (Lipinski definition) is 1. The third-order valence-corrected chi connectivity index (χ3v) is 8.40. The fourth-order valence-electron chi connectivity index (χ4n) is 6.97. The monoisotopic (exact) mass is 363 g/mol. The summed E-state index contributed by atoms with van der Waals surface area (Å²) in [7, 11) is 0. The van der Waals surface area contributed by atoms with Crippen LogP contribution >= 0.6 is 0 Å². The van der Waals surface area contributed by atoms with Crippen LogP contribution in [0.15, 0.2) is 36.3 Å². The van der Waals surface area contributed by atoms with Crippen LogP contribution in [0.1, 0.15) is 58.1 Å². The lowest BCUT2D eigenvalue weighted by Crippen LogP contribution is -2.49. The van der Waals surface area contributed by atoms with Gasteiger partial charge in [0, 0.05) is 25.0 Å². The summed E-state index contributed by atoms with van der Waals surface area (Å²) in [6, 6.07) is 0. The Morgan fingerprint density at radius 1 is 1.11 bits per heavy atom. The summed E-state index contributed by atoms with van der Waals surface area (Å²) < 4.78 is 0. The Morgan fingerprint density at radius 2 is 2.00 bits per heavy atom. The van der Waals surface area contributed by atoms with Gasteiger partial charge in [0.1, 0.15) is 0 Å². The average Bonchev–Trinajstić information content (AvgIpc) is 2.93. The van der Waals surface area contributed by atoms with Crippen molar-refractivity contribution in [1.29, 1.82) is 0 Å². The van der Waals surface area contributed by atoms with E-state index < -0.39 is 0 Å². The minimum Gasteiger partial charge on any atom is -0.353 e. The predicted octanol–water partition coefficient (Wildman–Crippen LogP) is 4.16. The van der Waals surface area contributed by atoms with Gasteiger partial charge in [-0.3, -0.25) is 14.8 Å². The third-order valence-electron chi connectivity index (χ3n) is 8.40. The SMILES string of the molecule is CC12CCNC(=O)C=C1CCC1C2CCC2(C)C(c3cnccn3)=CCC12. The smallest absolute Gasteiger partial charge is 0.243 e. The van der Waals surface area contributed by atoms with Crippen molar-refractivity contribution in [2.75, 3.05) is 6.54 Å². The number of carbonyl (C=O) groups excluding carboxylic acids is 1. The zero-order valence-electron chi connectivity index (χ0n) is 16.4. The van der Waals surface area contributed by atoms with Gasteiger partial charge in [0.2, 0.25) is 5.91 Å². The lowest BCUT2D eigenvalue weighted by Gasteiger charge is -2.57. The quantitative estimate of drug-likeness (QED) is 0.815. The molecule has 0 spiro atoms. The number of amides is 1. The van der Waals surface area contributed by atoms with Gasteiger partial charge < -0.3 is 5.32 Å². The third kappa shape index (κ3) is 2.45. The highest BCUT2D eigenvalue weighted by molar-refractivity contribution is 5.88. The zero-order chi connectivity index (χ0) is 18.6. The van der Waals surface area contributed by atoms with Crippen molar-refractivity contribution in [2.24, 2.45) is 28.6 Å². The summed E-state index contributed by atoms with van der Waals surface area (Å²) in [5, 5.41) is 3.06. The van der Waals surface area contributed by atoms with Crippen LogP contribution in [0, 0.1) is 28.6 Å². The first kappa shape index (κ1) is 17.2. The highest BCUT2D eigenvalue weighted by Gasteiger charge is 2.57. The van der Waals surface area contributed by atoms with Crippen molar-refractivity contribution in [2.45, 2.75) is 52.4 Å². The Hall–Kier alpha value is -1.97. The van der Waals surface area contributed by atoms with Crippen LogP contribution < -0.4 is 5.32 Å². The Kier molecular flexibility index (Phi) is 3.82. The van der Waals surface area contributed by atoms with E-state index >= 15 is 0 Å². The summed E-state index contributed by atoms with van der Waals surface area (Å²) in [4.78, 5) is 21.0. The summed E-state index contributed by atoms with van der Waals surface area (Å²) in [6.07, 6.45) is 16.9. The summed E-state index contributed by atoms with van der Waals surface area (Å²) >= 11 is 0. The highest BCUT2D eigenvalue weighted by atomic mass is 16.1. The molecule has 142 valence electrons. The molecule has 0 radical (unpaired) electrons. The van der Waals surface area contributed by atoms with E-state index in [1.165, 1.54) is 30.4 Å². The average molecular weight is 364 g/mol. The normalized spacial score (nSPS) is 40.7. The molecule has 1 aliphatic heterocycles. The van der Waals surface area contributed by atoms with Gasteiger partial charge >= 0.3 is 0 Å². The second-order valence-corrected chi connectivity index (χ2v) is 9.44. The minimum absolute atomic E-state index is 0.111. The van der Waals surface area contributed by atoms with E-state index in [2.05, 4.69) is 35.2 Å². The van der Waals surface area contributed by atoms with Gasteiger partial charge in [0.25, 0.3) is 0 Å². The van der Waals surface area contributed by atoms with Crippen molar-refractivity contribution in [3.63, 3.8) is 0 Å². The summed E-state index contributed by atoms with van der Waals surface area (Å²) in [5.74, 6) is 2.24. The van der Waals surface area contributed by atoms with Crippen molar-refractivity contribution in [3.8, 4) is 0 Å². The molecule has 1 aromatic heterocycles. The van der Waals surface area contributed by atoms with Gasteiger partial charge in [0.15, 0.2) is 0 Å². The maximum Gasteiger partial charge on any atom is 0.243 e. The first-order valence-electron chi connectivity index (χ1n) is 10.5. The Balaban J connectivity index is 1.48. The molecule has 4 aliphatic rings. The summed E-state index contributed by atoms with van der Waals surface area (Å²) in [6.45, 7) is 5.71. The van der Waals surface area contributed by atoms with Crippen molar-refractivity contribution in [3.05, 3.63) is 42.0 Å². The largest absolute Gasteiger partial charge is 0.353 e. The molecule has 2 saturated carbocycles. The van der Waals surface area contributed by atoms with E-state index in [4.69, 9.17) is 0 Å². The Labute approximate surface area is 161 Å². The number of rotatable bonds is 1. The number of allylic oxidation sites excluding steroid dienone is 3. The van der Waals surface area contributed by atoms with Gasteiger partial charge in [-0.1, -0.05) is 25.5 Å². The van der Waals surface area contributed by atoms with Crippen LogP contribution in [0.3, 0.4) is 0 Å². The molecule has 4 heteroatoms. The van der Waals surface area contributed by atoms with E-state index in [1.807, 2.05) is 18.5 Å². The van der Waals surface area contributed by atoms with Gasteiger partial charge in [0.05, 0.1) is 11.9 Å². The van der Waals surface area contributed by atoms with Gasteiger partial charge in [-0.05, 0) is 72.7 Å². The standard InChI is InChI=1S/C23H29N3O/c1-22-9-10-26-21(27)13-15(22)3-4-16-17-5-6-19(20-14-24-11-12-25-20)23(17,2)8-7-18(16)22/h6,11-14,16-18H,3-5,7-10H2,1-2H3,(H,26,27). The molecule has 1 N–H and O–H groups in total. The molecule has 1 aromatic rings. The van der Waals surface area contributed by atoms with E-state index in [1.54, 1.807) is 6.20 Å². The van der Waals surface area contributed by atoms with E-state index in [0.29, 0.717) is 11.8 Å². The van der Waals surface area contributed by atoms with Crippen LogP contribution in [0.4, 0.5) is 0 Å². The van der Waals surface area contributed by atoms with Crippen LogP contribution in [0.2, 0.25) is 0 Å². The molecule has 27 heavy (non-hydrogen) atoms. The number of carbonyl (C=O) groups is 1. The molecule has 5 unspecified atom stereocenters. The molecule has 0 aromatic carbocycles. The molecular formula is C23H29N3O. The topological polar surface area (TPSA) is 54.9 Å². The first-order valence-corrected chi connectivity index (χ1v) is 10.5. The first-order chi connectivity index (χ1) is 13.0. The maximum atomic E-state index is 12.1. The van der Waals surface area contributed by atoms with Gasteiger partial charge in [-0.25, -0.2) is 0 Å². The molecule has 2 fully saturated rings. The number of nitrogens with one attached hydrogen (secondary N) is 1. The molecule has 5 atom stereocenters. The molecule has 0 saturated heterocycles. The van der Waals surface area contributed by atoms with Crippen molar-refractivity contribution in [1.82, 2.24) is 15.3 Å². The molecule has 3 aliphatic carbocycles. The minimum atomic E-state index is 0.111. The summed E-state index contributed by atoms with van der Waals surface area (Å²) in [5.41, 5.74) is 4.28. The lowest BCUT2D eigenvalue weighted by atomic mass is 9.47. The number of nitrogens with zero attached hydrogens (tertiary/aromatic N) is 2. The van der Waals surface area contributed by atoms with Crippen molar-refractivity contribution < 1.29 is 4.79 Å². The second-order valence-electron chi connectivity index (χ2n) is 9.44. The van der Waals surface area contributed by atoms with Gasteiger partial charge in [-0.2, -0.15) is 0 Å². The molecule has 2 heterocycles. The van der Waals surface area contributed by atoms with E-state index in [-0.39, 0.29) is 16.7 Å². The van der Waals surface area contributed by atoms with Crippen molar-refractivity contribution >= 4 is 11.5 Å². The van der Waals surface area contributed by atoms with Crippen LogP contribution in [0.25, 0.3) is 5.57 Å². The van der Waals surface area contributed by atoms with E-state index in [9.17, 15) is 4.79 Å². The Bertz CT molecular complexity index is 829. The molecular weight excluding hydrogens is 334 g/mol. The second kappa shape index (κ2) is 6.02. The van der Waals surface area contributed by atoms with Crippen LogP contribution in [0.5, 0.6) is 0 Å². The highest BCUT2D eigenvalue weighted by Crippen LogP contribution is 2.65. The van der Waals surface area contributed by atoms with Crippen LogP contribution in [-0.4, -0.2) is 22.4 Å². The molecule has 1 amide bonds. The van der Waals surface area contributed by atoms with E-state index in [0.717, 1.165) is 37.4 Å². The predicted molar refractivity (Wildman–Crippen MR) is 105 cm³/mol. The fraction of sp³-hybridized carbons (Fsp3) is 0.609. The lowest BCUT2D eigenvalue weighted by molar-refractivity contribution is -0.116. The maximum absolute atomic E-state index is 12.1. The number of aromatic nitrogens is 2. The number of fused-ring (bicyclic) bond motifs is 5.